The molecule has 0 heterocycles. The molecule has 4 nitrogen and oxygen atoms in total. The standard InChI is InChI=1S/C15H20O4/c1-14(13(18)19-2)8-15-5-3-4-9(15)6-10(14)12(17)11(15)7-16/h6,10-11,16H,3-5,7-8H2,1-2H3/t10-,11?,14+,15+/m0/s1. The van der Waals surface area contributed by atoms with Crippen molar-refractivity contribution >= 4 is 11.8 Å². The summed E-state index contributed by atoms with van der Waals surface area (Å²) in [7, 11) is 1.38. The maximum Gasteiger partial charge on any atom is 0.312 e. The first-order chi connectivity index (χ1) is 8.99. The molecule has 104 valence electrons. The molecule has 4 atom stereocenters. The molecule has 0 saturated heterocycles. The molecule has 19 heavy (non-hydrogen) atoms. The number of carbonyl (C=O) groups excluding carboxylic acids is 2. The summed E-state index contributed by atoms with van der Waals surface area (Å²) in [6, 6.07) is 0. The molecular formula is C15H20O4. The van der Waals surface area contributed by atoms with E-state index in [1.54, 1.807) is 0 Å². The van der Waals surface area contributed by atoms with Gasteiger partial charge < -0.3 is 9.84 Å². The Bertz CT molecular complexity index is 481. The fraction of sp³-hybridized carbons (Fsp3) is 0.733. The molecule has 1 N–H and O–H groups in total. The fourth-order valence-corrected chi connectivity index (χ4v) is 4.71. The van der Waals surface area contributed by atoms with Gasteiger partial charge in [-0.3, -0.25) is 9.59 Å². The van der Waals surface area contributed by atoms with Gasteiger partial charge >= 0.3 is 5.97 Å². The lowest BCUT2D eigenvalue weighted by Gasteiger charge is -2.55. The number of carbonyl (C=O) groups is 2. The van der Waals surface area contributed by atoms with Crippen molar-refractivity contribution < 1.29 is 19.4 Å². The van der Waals surface area contributed by atoms with Gasteiger partial charge in [0.25, 0.3) is 0 Å². The van der Waals surface area contributed by atoms with E-state index >= 15 is 0 Å². The number of methoxy groups -OCH3 is 1. The summed E-state index contributed by atoms with van der Waals surface area (Å²) in [6.07, 6.45) is 5.58. The van der Waals surface area contributed by atoms with E-state index in [0.717, 1.165) is 19.3 Å². The van der Waals surface area contributed by atoms with Gasteiger partial charge in [0.2, 0.25) is 0 Å². The Morgan fingerprint density at radius 1 is 1.58 bits per heavy atom. The molecule has 0 aromatic heterocycles. The zero-order valence-corrected chi connectivity index (χ0v) is 11.4. The van der Waals surface area contributed by atoms with Crippen LogP contribution in [0.25, 0.3) is 0 Å². The van der Waals surface area contributed by atoms with Gasteiger partial charge in [0.1, 0.15) is 5.78 Å². The first-order valence-electron chi connectivity index (χ1n) is 6.94. The summed E-state index contributed by atoms with van der Waals surface area (Å²) in [5.41, 5.74) is 0.243. The number of rotatable bonds is 2. The molecule has 0 radical (unpaired) electrons. The lowest BCUT2D eigenvalue weighted by molar-refractivity contribution is -0.169. The number of aliphatic hydroxyl groups excluding tert-OH is 1. The van der Waals surface area contributed by atoms with E-state index in [0.29, 0.717) is 6.42 Å². The summed E-state index contributed by atoms with van der Waals surface area (Å²) < 4.78 is 4.92. The van der Waals surface area contributed by atoms with E-state index in [1.165, 1.54) is 12.7 Å². The van der Waals surface area contributed by atoms with Crippen molar-refractivity contribution in [3.63, 3.8) is 0 Å². The number of hydrogen-bond donors (Lipinski definition) is 1. The van der Waals surface area contributed by atoms with Crippen molar-refractivity contribution in [2.45, 2.75) is 32.6 Å². The molecule has 0 aromatic rings. The molecule has 1 spiro atoms. The monoisotopic (exact) mass is 264 g/mol. The molecule has 2 saturated carbocycles. The SMILES string of the molecule is COC(=O)[C@]1(C)C[C@]23CCCC2=C[C@H]1C(=O)C3CO. The predicted molar refractivity (Wildman–Crippen MR) is 68.2 cm³/mol. The average Bonchev–Trinajstić information content (AvgIpc) is 2.80. The molecule has 2 bridgehead atoms. The largest absolute Gasteiger partial charge is 0.469 e. The molecule has 4 rings (SSSR count). The Kier molecular flexibility index (Phi) is 2.65. The molecule has 0 amide bonds. The third kappa shape index (κ3) is 1.38. The Hall–Kier alpha value is -1.16. The molecule has 0 aliphatic heterocycles. The highest BCUT2D eigenvalue weighted by atomic mass is 16.5. The minimum absolute atomic E-state index is 0.0206. The van der Waals surface area contributed by atoms with Crippen LogP contribution in [0.15, 0.2) is 11.6 Å². The normalized spacial score (nSPS) is 43.9. The smallest absolute Gasteiger partial charge is 0.312 e. The Morgan fingerprint density at radius 2 is 2.32 bits per heavy atom. The van der Waals surface area contributed by atoms with Crippen LogP contribution >= 0.6 is 0 Å². The van der Waals surface area contributed by atoms with Gasteiger partial charge in [0, 0.05) is 5.41 Å². The third-order valence-corrected chi connectivity index (χ3v) is 5.60. The maximum atomic E-state index is 12.6. The first kappa shape index (κ1) is 12.9. The zero-order valence-electron chi connectivity index (χ0n) is 11.4. The van der Waals surface area contributed by atoms with Gasteiger partial charge in [0.15, 0.2) is 0 Å². The summed E-state index contributed by atoms with van der Waals surface area (Å²) in [4.78, 5) is 24.7. The van der Waals surface area contributed by atoms with Crippen LogP contribution in [0.5, 0.6) is 0 Å². The second-order valence-corrected chi connectivity index (χ2v) is 6.40. The van der Waals surface area contributed by atoms with E-state index in [1.807, 2.05) is 13.0 Å². The van der Waals surface area contributed by atoms with Crippen LogP contribution in [0.3, 0.4) is 0 Å². The van der Waals surface area contributed by atoms with E-state index in [9.17, 15) is 14.7 Å². The second kappa shape index (κ2) is 3.92. The molecule has 0 aromatic carbocycles. The number of aliphatic hydroxyl groups is 1. The van der Waals surface area contributed by atoms with Crippen LogP contribution in [0, 0.1) is 22.7 Å². The number of ketones is 1. The van der Waals surface area contributed by atoms with Crippen LogP contribution in [-0.4, -0.2) is 30.6 Å². The molecule has 4 heteroatoms. The minimum atomic E-state index is -0.759. The number of Topliss-reactive ketones (excluding diaryl/α,β-unsaturated/α-hetero) is 1. The third-order valence-electron chi connectivity index (χ3n) is 5.60. The highest BCUT2D eigenvalue weighted by molar-refractivity contribution is 5.96. The van der Waals surface area contributed by atoms with Gasteiger partial charge in [0.05, 0.1) is 31.0 Å². The zero-order chi connectivity index (χ0) is 13.8. The van der Waals surface area contributed by atoms with E-state index in [2.05, 4.69) is 0 Å². The van der Waals surface area contributed by atoms with Crippen molar-refractivity contribution in [1.29, 1.82) is 0 Å². The van der Waals surface area contributed by atoms with Crippen LogP contribution in [0.2, 0.25) is 0 Å². The van der Waals surface area contributed by atoms with Crippen molar-refractivity contribution in [2.75, 3.05) is 13.7 Å². The van der Waals surface area contributed by atoms with Crippen LogP contribution in [-0.2, 0) is 14.3 Å². The summed E-state index contributed by atoms with van der Waals surface area (Å²) in [5.74, 6) is -1.03. The maximum absolute atomic E-state index is 12.6. The molecular weight excluding hydrogens is 244 g/mol. The second-order valence-electron chi connectivity index (χ2n) is 6.40. The number of allylic oxidation sites excluding steroid dienone is 2. The van der Waals surface area contributed by atoms with Gasteiger partial charge in [-0.2, -0.15) is 0 Å². The fourth-order valence-electron chi connectivity index (χ4n) is 4.71. The first-order valence-corrected chi connectivity index (χ1v) is 6.94. The Balaban J connectivity index is 2.13. The van der Waals surface area contributed by atoms with Gasteiger partial charge in [-0.15, -0.1) is 0 Å². The summed E-state index contributed by atoms with van der Waals surface area (Å²) >= 11 is 0. The highest BCUT2D eigenvalue weighted by Gasteiger charge is 2.65. The minimum Gasteiger partial charge on any atom is -0.469 e. The summed E-state index contributed by atoms with van der Waals surface area (Å²) in [6.45, 7) is 1.73. The lowest BCUT2D eigenvalue weighted by Crippen LogP contribution is -2.59. The van der Waals surface area contributed by atoms with Gasteiger partial charge in [-0.25, -0.2) is 0 Å². The Labute approximate surface area is 112 Å². The lowest BCUT2D eigenvalue weighted by atomic mass is 9.47. The van der Waals surface area contributed by atoms with E-state index < -0.39 is 11.3 Å². The molecule has 2 fully saturated rings. The van der Waals surface area contributed by atoms with Crippen LogP contribution < -0.4 is 0 Å². The van der Waals surface area contributed by atoms with Crippen molar-refractivity contribution in [1.82, 2.24) is 0 Å². The van der Waals surface area contributed by atoms with Crippen molar-refractivity contribution in [3.05, 3.63) is 11.6 Å². The van der Waals surface area contributed by atoms with E-state index in [4.69, 9.17) is 4.74 Å². The number of fused-ring (bicyclic) bond motifs is 2. The molecule has 4 aliphatic rings. The van der Waals surface area contributed by atoms with Crippen molar-refractivity contribution in [2.24, 2.45) is 22.7 Å². The van der Waals surface area contributed by atoms with Gasteiger partial charge in [-0.1, -0.05) is 11.6 Å². The summed E-state index contributed by atoms with van der Waals surface area (Å²) in [5, 5.41) is 9.63. The van der Waals surface area contributed by atoms with Gasteiger partial charge in [-0.05, 0) is 32.6 Å². The number of ether oxygens (including phenoxy) is 1. The molecule has 1 unspecified atom stereocenters. The number of hydrogen-bond acceptors (Lipinski definition) is 4. The average molecular weight is 264 g/mol. The Morgan fingerprint density at radius 3 is 2.95 bits per heavy atom. The van der Waals surface area contributed by atoms with Crippen molar-refractivity contribution in [3.8, 4) is 0 Å². The quantitative estimate of drug-likeness (QED) is 0.606. The van der Waals surface area contributed by atoms with E-state index in [-0.39, 0.29) is 29.7 Å². The van der Waals surface area contributed by atoms with Crippen LogP contribution in [0.4, 0.5) is 0 Å². The van der Waals surface area contributed by atoms with Crippen LogP contribution in [0.1, 0.15) is 32.6 Å². The predicted octanol–water partition coefficient (Wildman–Crippen LogP) is 1.47. The topological polar surface area (TPSA) is 63.6 Å². The molecule has 4 aliphatic carbocycles. The number of esters is 1. The highest BCUT2D eigenvalue weighted by Crippen LogP contribution is 2.65.